The van der Waals surface area contributed by atoms with Crippen molar-refractivity contribution < 1.29 is 9.59 Å². The van der Waals surface area contributed by atoms with E-state index in [9.17, 15) is 9.59 Å². The van der Waals surface area contributed by atoms with Crippen molar-refractivity contribution in [1.29, 1.82) is 0 Å². The lowest BCUT2D eigenvalue weighted by Crippen LogP contribution is -2.53. The molecule has 1 N–H and O–H groups in total. The molecule has 0 aliphatic carbocycles. The van der Waals surface area contributed by atoms with E-state index in [1.54, 1.807) is 0 Å². The third-order valence-corrected chi connectivity index (χ3v) is 4.74. The standard InChI is InChI=1S/C19H27N7O2/c1-15(2)21-18(27)13-24-8-10-25(11-9-24)19(28)17(26-14-20-22-23-26)12-16-6-4-3-5-7-16/h3-7,14-15,17H,8-13H2,1-2H3,(H,21,27). The summed E-state index contributed by atoms with van der Waals surface area (Å²) in [5.41, 5.74) is 1.06. The molecule has 0 radical (unpaired) electrons. The van der Waals surface area contributed by atoms with Crippen LogP contribution in [0.5, 0.6) is 0 Å². The van der Waals surface area contributed by atoms with E-state index in [0.717, 1.165) is 5.56 Å². The molecule has 1 aliphatic rings. The highest BCUT2D eigenvalue weighted by atomic mass is 16.2. The van der Waals surface area contributed by atoms with Crippen LogP contribution in [0.2, 0.25) is 0 Å². The third-order valence-electron chi connectivity index (χ3n) is 4.74. The number of nitrogens with one attached hydrogen (secondary N) is 1. The maximum Gasteiger partial charge on any atom is 0.248 e. The predicted molar refractivity (Wildman–Crippen MR) is 103 cm³/mol. The Balaban J connectivity index is 1.60. The molecular formula is C19H27N7O2. The van der Waals surface area contributed by atoms with Crippen molar-refractivity contribution in [3.05, 3.63) is 42.2 Å². The molecule has 1 atom stereocenters. The number of carbonyl (C=O) groups excluding carboxylic acids is 2. The van der Waals surface area contributed by atoms with Crippen LogP contribution in [0.15, 0.2) is 36.7 Å². The molecule has 0 bridgehead atoms. The van der Waals surface area contributed by atoms with Gasteiger partial charge in [-0.05, 0) is 29.8 Å². The van der Waals surface area contributed by atoms with Gasteiger partial charge in [0, 0.05) is 38.6 Å². The molecule has 1 aliphatic heterocycles. The van der Waals surface area contributed by atoms with Gasteiger partial charge in [-0.3, -0.25) is 14.5 Å². The second-order valence-electron chi connectivity index (χ2n) is 7.32. The van der Waals surface area contributed by atoms with Crippen molar-refractivity contribution in [3.8, 4) is 0 Å². The van der Waals surface area contributed by atoms with Gasteiger partial charge in [0.2, 0.25) is 11.8 Å². The van der Waals surface area contributed by atoms with Crippen LogP contribution in [0.4, 0.5) is 0 Å². The van der Waals surface area contributed by atoms with Crippen molar-refractivity contribution >= 4 is 11.8 Å². The first kappa shape index (κ1) is 19.9. The van der Waals surface area contributed by atoms with Gasteiger partial charge in [-0.1, -0.05) is 30.3 Å². The van der Waals surface area contributed by atoms with Gasteiger partial charge in [0.05, 0.1) is 6.54 Å². The summed E-state index contributed by atoms with van der Waals surface area (Å²) in [6.45, 7) is 6.76. The van der Waals surface area contributed by atoms with Crippen LogP contribution in [0.3, 0.4) is 0 Å². The quantitative estimate of drug-likeness (QED) is 0.728. The van der Waals surface area contributed by atoms with Gasteiger partial charge in [-0.2, -0.15) is 0 Å². The maximum absolute atomic E-state index is 13.2. The number of carbonyl (C=O) groups is 2. The fraction of sp³-hybridized carbons (Fsp3) is 0.526. The monoisotopic (exact) mass is 385 g/mol. The van der Waals surface area contributed by atoms with Crippen LogP contribution in [-0.2, 0) is 16.0 Å². The Hall–Kier alpha value is -2.81. The molecule has 28 heavy (non-hydrogen) atoms. The Morgan fingerprint density at radius 2 is 1.82 bits per heavy atom. The van der Waals surface area contributed by atoms with Crippen LogP contribution in [0.1, 0.15) is 25.5 Å². The minimum absolute atomic E-state index is 0.00225. The minimum Gasteiger partial charge on any atom is -0.353 e. The number of amides is 2. The van der Waals surface area contributed by atoms with Gasteiger partial charge in [0.25, 0.3) is 0 Å². The number of hydrogen-bond donors (Lipinski definition) is 1. The molecular weight excluding hydrogens is 358 g/mol. The summed E-state index contributed by atoms with van der Waals surface area (Å²) in [7, 11) is 0. The van der Waals surface area contributed by atoms with Crippen LogP contribution < -0.4 is 5.32 Å². The van der Waals surface area contributed by atoms with Crippen molar-refractivity contribution in [2.24, 2.45) is 0 Å². The molecule has 9 heteroatoms. The maximum atomic E-state index is 13.2. The number of rotatable bonds is 7. The summed E-state index contributed by atoms with van der Waals surface area (Å²) < 4.78 is 1.53. The van der Waals surface area contributed by atoms with Crippen molar-refractivity contribution in [3.63, 3.8) is 0 Å². The van der Waals surface area contributed by atoms with Crippen molar-refractivity contribution in [1.82, 2.24) is 35.3 Å². The molecule has 2 aromatic rings. The summed E-state index contributed by atoms with van der Waals surface area (Å²) >= 11 is 0. The third kappa shape index (κ3) is 5.35. The lowest BCUT2D eigenvalue weighted by molar-refractivity contribution is -0.137. The number of piperazine rings is 1. The Bertz CT molecular complexity index is 756. The number of hydrogen-bond acceptors (Lipinski definition) is 6. The molecule has 150 valence electrons. The normalized spacial score (nSPS) is 16.2. The Kier molecular flexibility index (Phi) is 6.70. The molecule has 0 spiro atoms. The largest absolute Gasteiger partial charge is 0.353 e. The van der Waals surface area contributed by atoms with Crippen molar-refractivity contribution in [2.75, 3.05) is 32.7 Å². The molecule has 1 saturated heterocycles. The number of benzene rings is 1. The summed E-state index contributed by atoms with van der Waals surface area (Å²) in [6, 6.07) is 9.51. The highest BCUT2D eigenvalue weighted by Crippen LogP contribution is 2.17. The van der Waals surface area contributed by atoms with E-state index in [2.05, 4.69) is 25.7 Å². The predicted octanol–water partition coefficient (Wildman–Crippen LogP) is 0.126. The lowest BCUT2D eigenvalue weighted by atomic mass is 10.0. The lowest BCUT2D eigenvalue weighted by Gasteiger charge is -2.36. The first-order chi connectivity index (χ1) is 13.5. The van der Waals surface area contributed by atoms with E-state index in [1.165, 1.54) is 11.0 Å². The molecule has 9 nitrogen and oxygen atoms in total. The Labute approximate surface area is 164 Å². The molecule has 0 saturated carbocycles. The topological polar surface area (TPSA) is 96.2 Å². The highest BCUT2D eigenvalue weighted by molar-refractivity contribution is 5.81. The smallest absolute Gasteiger partial charge is 0.248 e. The summed E-state index contributed by atoms with van der Waals surface area (Å²) in [4.78, 5) is 29.0. The zero-order valence-corrected chi connectivity index (χ0v) is 16.4. The molecule has 1 unspecified atom stereocenters. The van der Waals surface area contributed by atoms with E-state index in [0.29, 0.717) is 39.1 Å². The fourth-order valence-corrected chi connectivity index (χ4v) is 3.35. The zero-order valence-electron chi connectivity index (χ0n) is 16.4. The number of tetrazole rings is 1. The van der Waals surface area contributed by atoms with E-state index < -0.39 is 6.04 Å². The first-order valence-corrected chi connectivity index (χ1v) is 9.60. The van der Waals surface area contributed by atoms with E-state index in [4.69, 9.17) is 0 Å². The highest BCUT2D eigenvalue weighted by Gasteiger charge is 2.30. The van der Waals surface area contributed by atoms with Gasteiger partial charge in [-0.15, -0.1) is 5.10 Å². The van der Waals surface area contributed by atoms with Gasteiger partial charge < -0.3 is 10.2 Å². The second-order valence-corrected chi connectivity index (χ2v) is 7.32. The zero-order chi connectivity index (χ0) is 19.9. The van der Waals surface area contributed by atoms with Gasteiger partial charge in [0.15, 0.2) is 0 Å². The Morgan fingerprint density at radius 1 is 1.11 bits per heavy atom. The average Bonchev–Trinajstić information content (AvgIpc) is 3.21. The van der Waals surface area contributed by atoms with Gasteiger partial charge in [-0.25, -0.2) is 4.68 Å². The Morgan fingerprint density at radius 3 is 2.43 bits per heavy atom. The summed E-state index contributed by atoms with van der Waals surface area (Å²) in [5.74, 6) is 0.0212. The van der Waals surface area contributed by atoms with Crippen LogP contribution in [0, 0.1) is 0 Å². The van der Waals surface area contributed by atoms with E-state index >= 15 is 0 Å². The fourth-order valence-electron chi connectivity index (χ4n) is 3.35. The number of aromatic nitrogens is 4. The van der Waals surface area contributed by atoms with Gasteiger partial charge >= 0.3 is 0 Å². The van der Waals surface area contributed by atoms with Crippen LogP contribution in [0.25, 0.3) is 0 Å². The molecule has 2 heterocycles. The van der Waals surface area contributed by atoms with Gasteiger partial charge in [0.1, 0.15) is 12.4 Å². The molecule has 3 rings (SSSR count). The summed E-state index contributed by atoms with van der Waals surface area (Å²) in [6.07, 6.45) is 2.01. The van der Waals surface area contributed by atoms with Crippen molar-refractivity contribution in [2.45, 2.75) is 32.4 Å². The first-order valence-electron chi connectivity index (χ1n) is 9.60. The summed E-state index contributed by atoms with van der Waals surface area (Å²) in [5, 5.41) is 14.2. The van der Waals surface area contributed by atoms with Crippen LogP contribution >= 0.6 is 0 Å². The number of nitrogens with zero attached hydrogens (tertiary/aromatic N) is 6. The molecule has 1 aromatic carbocycles. The molecule has 2 amide bonds. The minimum atomic E-state index is -0.479. The SMILES string of the molecule is CC(C)NC(=O)CN1CCN(C(=O)C(Cc2ccccc2)n2cnnn2)CC1. The van der Waals surface area contributed by atoms with Crippen LogP contribution in [-0.4, -0.2) is 80.6 Å². The molecule has 1 fully saturated rings. The van der Waals surface area contributed by atoms with E-state index in [-0.39, 0.29) is 17.9 Å². The second kappa shape index (κ2) is 9.41. The average molecular weight is 385 g/mol. The van der Waals surface area contributed by atoms with E-state index in [1.807, 2.05) is 49.1 Å². The molecule has 1 aromatic heterocycles.